The van der Waals surface area contributed by atoms with Gasteiger partial charge in [0.05, 0.1) is 12.0 Å². The molecule has 0 aromatic carbocycles. The van der Waals surface area contributed by atoms with Gasteiger partial charge in [0, 0.05) is 57.2 Å². The van der Waals surface area contributed by atoms with Crippen LogP contribution in [0, 0.1) is 6.92 Å². The molecule has 0 unspecified atom stereocenters. The van der Waals surface area contributed by atoms with Crippen LogP contribution >= 0.6 is 0 Å². The number of nitrogens with two attached hydrogens (primary N) is 1. The molecule has 2 atom stereocenters. The molecule has 128 valence electrons. The van der Waals surface area contributed by atoms with Gasteiger partial charge in [-0.05, 0) is 30.5 Å². The molecule has 1 aliphatic heterocycles. The number of hydrogen-bond donors (Lipinski definition) is 2. The van der Waals surface area contributed by atoms with Gasteiger partial charge in [0.15, 0.2) is 0 Å². The van der Waals surface area contributed by atoms with Gasteiger partial charge >= 0.3 is 6.03 Å². The molecule has 2 amide bonds. The van der Waals surface area contributed by atoms with E-state index in [1.165, 1.54) is 5.56 Å². The Labute approximate surface area is 141 Å². The number of nitrogens with one attached hydrogen (secondary N) is 1. The Morgan fingerprint density at radius 1 is 1.46 bits per heavy atom. The van der Waals surface area contributed by atoms with Crippen molar-refractivity contribution in [3.8, 4) is 0 Å². The van der Waals surface area contributed by atoms with Crippen molar-refractivity contribution in [2.75, 3.05) is 19.6 Å². The van der Waals surface area contributed by atoms with Gasteiger partial charge in [-0.15, -0.1) is 0 Å². The first-order chi connectivity index (χ1) is 11.5. The Kier molecular flexibility index (Phi) is 4.80. The van der Waals surface area contributed by atoms with E-state index in [9.17, 15) is 4.79 Å². The van der Waals surface area contributed by atoms with E-state index in [-0.39, 0.29) is 18.0 Å². The van der Waals surface area contributed by atoms with Gasteiger partial charge < -0.3 is 20.5 Å². The van der Waals surface area contributed by atoms with Crippen molar-refractivity contribution < 1.29 is 4.79 Å². The van der Waals surface area contributed by atoms with Gasteiger partial charge in [0.1, 0.15) is 0 Å². The predicted molar refractivity (Wildman–Crippen MR) is 91.6 cm³/mol. The molecule has 2 aromatic rings. The predicted octanol–water partition coefficient (Wildman–Crippen LogP) is 0.802. The molecule has 3 rings (SSSR count). The van der Waals surface area contributed by atoms with Gasteiger partial charge in [0.25, 0.3) is 0 Å². The minimum atomic E-state index is -0.0776. The molecule has 0 bridgehead atoms. The number of carbonyl (C=O) groups is 1. The number of carbonyl (C=O) groups excluding carboxylic acids is 1. The third-order valence-corrected chi connectivity index (χ3v) is 4.58. The third kappa shape index (κ3) is 3.56. The van der Waals surface area contributed by atoms with E-state index in [1.807, 2.05) is 30.1 Å². The number of imidazole rings is 1. The van der Waals surface area contributed by atoms with Gasteiger partial charge in [-0.3, -0.25) is 4.98 Å². The summed E-state index contributed by atoms with van der Waals surface area (Å²) >= 11 is 0. The second kappa shape index (κ2) is 7.00. The normalized spacial score (nSPS) is 20.4. The quantitative estimate of drug-likeness (QED) is 0.869. The Hall–Kier alpha value is -2.41. The zero-order valence-electron chi connectivity index (χ0n) is 14.1. The van der Waals surface area contributed by atoms with E-state index in [0.717, 1.165) is 17.7 Å². The average molecular weight is 328 g/mol. The van der Waals surface area contributed by atoms with Crippen LogP contribution in [-0.2, 0) is 13.5 Å². The molecule has 0 radical (unpaired) electrons. The first-order valence-corrected chi connectivity index (χ1v) is 8.20. The maximum absolute atomic E-state index is 12.4. The molecule has 3 N–H and O–H groups in total. The Morgan fingerprint density at radius 3 is 3.00 bits per heavy atom. The molecular weight excluding hydrogens is 304 g/mol. The molecule has 2 aromatic heterocycles. The van der Waals surface area contributed by atoms with Crippen LogP contribution in [-0.4, -0.2) is 51.1 Å². The summed E-state index contributed by atoms with van der Waals surface area (Å²) in [6.07, 6.45) is 8.14. The summed E-state index contributed by atoms with van der Waals surface area (Å²) in [6.45, 7) is 3.80. The first-order valence-electron chi connectivity index (χ1n) is 8.20. The fourth-order valence-corrected chi connectivity index (χ4v) is 3.11. The van der Waals surface area contributed by atoms with Gasteiger partial charge in [-0.25, -0.2) is 9.78 Å². The Balaban J connectivity index is 1.52. The van der Waals surface area contributed by atoms with Gasteiger partial charge in [-0.1, -0.05) is 0 Å². The molecule has 7 nitrogen and oxygen atoms in total. The van der Waals surface area contributed by atoms with Crippen molar-refractivity contribution in [1.29, 1.82) is 0 Å². The van der Waals surface area contributed by atoms with Crippen molar-refractivity contribution in [3.05, 3.63) is 47.8 Å². The molecule has 0 saturated carbocycles. The first kappa shape index (κ1) is 16.4. The highest BCUT2D eigenvalue weighted by Gasteiger charge is 2.35. The lowest BCUT2D eigenvalue weighted by molar-refractivity contribution is 0.208. The monoisotopic (exact) mass is 328 g/mol. The highest BCUT2D eigenvalue weighted by atomic mass is 16.2. The summed E-state index contributed by atoms with van der Waals surface area (Å²) in [5, 5.41) is 2.98. The highest BCUT2D eigenvalue weighted by Crippen LogP contribution is 2.25. The fourth-order valence-electron chi connectivity index (χ4n) is 3.11. The lowest BCUT2D eigenvalue weighted by Gasteiger charge is -2.17. The van der Waals surface area contributed by atoms with Crippen molar-refractivity contribution in [2.24, 2.45) is 12.8 Å². The standard InChI is InChI=1S/C17H24N6O/c1-12-3-5-19-7-13(12)4-6-20-17(24)23-8-14(15(18)9-23)16-10-22(2)11-21-16/h3,5,7,10-11,14-15H,4,6,8-9,18H2,1-2H3,(H,20,24)/t14-,15-/m1/s1. The summed E-state index contributed by atoms with van der Waals surface area (Å²) in [5.41, 5.74) is 9.51. The second-order valence-corrected chi connectivity index (χ2v) is 6.42. The molecular formula is C17H24N6O. The van der Waals surface area contributed by atoms with Crippen LogP contribution in [0.1, 0.15) is 22.7 Å². The van der Waals surface area contributed by atoms with Crippen molar-refractivity contribution >= 4 is 6.03 Å². The van der Waals surface area contributed by atoms with Crippen molar-refractivity contribution in [3.63, 3.8) is 0 Å². The second-order valence-electron chi connectivity index (χ2n) is 6.42. The Morgan fingerprint density at radius 2 is 2.29 bits per heavy atom. The van der Waals surface area contributed by atoms with Crippen LogP contribution in [0.4, 0.5) is 4.79 Å². The van der Waals surface area contributed by atoms with Crippen LogP contribution in [0.5, 0.6) is 0 Å². The topological polar surface area (TPSA) is 89.1 Å². The fraction of sp³-hybridized carbons (Fsp3) is 0.471. The van der Waals surface area contributed by atoms with E-state index >= 15 is 0 Å². The zero-order chi connectivity index (χ0) is 17.1. The number of hydrogen-bond acceptors (Lipinski definition) is 4. The average Bonchev–Trinajstić information content (AvgIpc) is 3.15. The zero-order valence-corrected chi connectivity index (χ0v) is 14.1. The molecule has 1 saturated heterocycles. The van der Waals surface area contributed by atoms with E-state index in [0.29, 0.717) is 19.6 Å². The maximum Gasteiger partial charge on any atom is 0.317 e. The van der Waals surface area contributed by atoms with Crippen molar-refractivity contribution in [2.45, 2.75) is 25.3 Å². The molecule has 7 heteroatoms. The van der Waals surface area contributed by atoms with Crippen LogP contribution < -0.4 is 11.1 Å². The summed E-state index contributed by atoms with van der Waals surface area (Å²) in [4.78, 5) is 22.6. The molecule has 3 heterocycles. The number of aromatic nitrogens is 3. The summed E-state index contributed by atoms with van der Waals surface area (Å²) < 4.78 is 1.90. The van der Waals surface area contributed by atoms with E-state index in [4.69, 9.17) is 5.73 Å². The SMILES string of the molecule is Cc1ccncc1CCNC(=O)N1C[C@@H](N)[C@H](c2cn(C)cn2)C1. The van der Waals surface area contributed by atoms with Gasteiger partial charge in [0.2, 0.25) is 0 Å². The summed E-state index contributed by atoms with van der Waals surface area (Å²) in [7, 11) is 1.93. The number of urea groups is 1. The van der Waals surface area contributed by atoms with Crippen LogP contribution in [0.2, 0.25) is 0 Å². The molecule has 0 aliphatic carbocycles. The highest BCUT2D eigenvalue weighted by molar-refractivity contribution is 5.74. The van der Waals surface area contributed by atoms with Crippen LogP contribution in [0.3, 0.4) is 0 Å². The lowest BCUT2D eigenvalue weighted by atomic mass is 10.0. The van der Waals surface area contributed by atoms with E-state index in [2.05, 4.69) is 22.2 Å². The molecule has 24 heavy (non-hydrogen) atoms. The molecule has 0 spiro atoms. The molecule has 1 aliphatic rings. The lowest BCUT2D eigenvalue weighted by Crippen LogP contribution is -2.40. The van der Waals surface area contributed by atoms with E-state index in [1.54, 1.807) is 17.4 Å². The number of nitrogens with zero attached hydrogens (tertiary/aromatic N) is 4. The Bertz CT molecular complexity index is 713. The minimum Gasteiger partial charge on any atom is -0.340 e. The third-order valence-electron chi connectivity index (χ3n) is 4.58. The number of amides is 2. The largest absolute Gasteiger partial charge is 0.340 e. The number of likely N-dealkylation sites (tertiary alicyclic amines) is 1. The number of pyridine rings is 1. The van der Waals surface area contributed by atoms with Crippen LogP contribution in [0.15, 0.2) is 31.0 Å². The van der Waals surface area contributed by atoms with Crippen LogP contribution in [0.25, 0.3) is 0 Å². The number of rotatable bonds is 4. The summed E-state index contributed by atoms with van der Waals surface area (Å²) in [5.74, 6) is 0.0949. The van der Waals surface area contributed by atoms with Crippen molar-refractivity contribution in [1.82, 2.24) is 24.8 Å². The summed E-state index contributed by atoms with van der Waals surface area (Å²) in [6, 6.07) is 1.84. The minimum absolute atomic E-state index is 0.0644. The smallest absolute Gasteiger partial charge is 0.317 e. The molecule has 1 fully saturated rings. The van der Waals surface area contributed by atoms with Gasteiger partial charge in [-0.2, -0.15) is 0 Å². The maximum atomic E-state index is 12.4. The number of aryl methyl sites for hydroxylation is 2. The van der Waals surface area contributed by atoms with E-state index < -0.39 is 0 Å².